The first-order chi connectivity index (χ1) is 9.17. The lowest BCUT2D eigenvalue weighted by Crippen LogP contribution is -2.06. The predicted octanol–water partition coefficient (Wildman–Crippen LogP) is 3.10. The van der Waals surface area contributed by atoms with Crippen molar-refractivity contribution in [2.75, 3.05) is 14.2 Å². The molecule has 0 fully saturated rings. The minimum Gasteiger partial charge on any atom is -0.493 e. The van der Waals surface area contributed by atoms with Crippen LogP contribution >= 0.6 is 23.7 Å². The van der Waals surface area contributed by atoms with Crippen LogP contribution in [-0.4, -0.2) is 25.3 Å². The van der Waals surface area contributed by atoms with Gasteiger partial charge in [-0.05, 0) is 29.7 Å². The van der Waals surface area contributed by atoms with Crippen LogP contribution in [0.3, 0.4) is 0 Å². The molecule has 3 N–H and O–H groups in total. The highest BCUT2D eigenvalue weighted by atomic mass is 35.5. The van der Waals surface area contributed by atoms with Crippen molar-refractivity contribution >= 4 is 45.7 Å². The number of benzene rings is 1. The Bertz CT molecular complexity index is 611. The van der Waals surface area contributed by atoms with E-state index in [2.05, 4.69) is 5.16 Å². The number of methoxy groups -OCH3 is 2. The van der Waals surface area contributed by atoms with Crippen LogP contribution in [0.25, 0.3) is 16.2 Å². The van der Waals surface area contributed by atoms with Crippen molar-refractivity contribution in [3.05, 3.63) is 29.2 Å². The third kappa shape index (κ3) is 3.34. The maximum atomic E-state index is 8.47. The van der Waals surface area contributed by atoms with Gasteiger partial charge in [-0.2, -0.15) is 0 Å². The maximum Gasteiger partial charge on any atom is 0.162 e. The second-order valence-electron chi connectivity index (χ2n) is 3.75. The number of halogens is 1. The zero-order valence-corrected chi connectivity index (χ0v) is 12.6. The predicted molar refractivity (Wildman–Crippen MR) is 84.6 cm³/mol. The van der Waals surface area contributed by atoms with Gasteiger partial charge in [0.25, 0.3) is 0 Å². The molecule has 0 unspecified atom stereocenters. The molecule has 0 amide bonds. The number of fused-ring (bicyclic) bond motifs is 1. The van der Waals surface area contributed by atoms with Crippen molar-refractivity contribution in [2.45, 2.75) is 0 Å². The average Bonchev–Trinajstić information content (AvgIpc) is 2.84. The lowest BCUT2D eigenvalue weighted by Gasteiger charge is -2.06. The number of nitrogens with two attached hydrogens (primary N) is 1. The molecule has 1 heterocycles. The summed E-state index contributed by atoms with van der Waals surface area (Å²) in [6, 6.07) is 5.86. The van der Waals surface area contributed by atoms with E-state index in [1.807, 2.05) is 18.2 Å². The summed E-state index contributed by atoms with van der Waals surface area (Å²) in [5.74, 6) is 1.45. The van der Waals surface area contributed by atoms with Crippen molar-refractivity contribution in [3.8, 4) is 11.5 Å². The minimum absolute atomic E-state index is 0. The largest absolute Gasteiger partial charge is 0.493 e. The quantitative estimate of drug-likeness (QED) is 0.393. The molecular formula is C13H15ClN2O3S. The van der Waals surface area contributed by atoms with Gasteiger partial charge in [0.1, 0.15) is 0 Å². The summed E-state index contributed by atoms with van der Waals surface area (Å²) in [4.78, 5) is 0.997. The maximum absolute atomic E-state index is 8.47. The van der Waals surface area contributed by atoms with Crippen molar-refractivity contribution in [3.63, 3.8) is 0 Å². The van der Waals surface area contributed by atoms with Crippen LogP contribution in [0.2, 0.25) is 0 Å². The van der Waals surface area contributed by atoms with Crippen molar-refractivity contribution in [2.24, 2.45) is 10.9 Å². The summed E-state index contributed by atoms with van der Waals surface area (Å²) >= 11 is 1.58. The van der Waals surface area contributed by atoms with Crippen LogP contribution in [-0.2, 0) is 0 Å². The fraction of sp³-hybridized carbons (Fsp3) is 0.154. The van der Waals surface area contributed by atoms with Gasteiger partial charge in [0, 0.05) is 15.6 Å². The number of oxime groups is 1. The highest BCUT2D eigenvalue weighted by Gasteiger charge is 2.08. The van der Waals surface area contributed by atoms with Gasteiger partial charge in [-0.1, -0.05) is 5.16 Å². The molecule has 0 aliphatic heterocycles. The molecule has 0 atom stereocenters. The molecule has 7 heteroatoms. The van der Waals surface area contributed by atoms with E-state index in [-0.39, 0.29) is 18.2 Å². The number of hydrogen-bond donors (Lipinski definition) is 2. The molecule has 20 heavy (non-hydrogen) atoms. The van der Waals surface area contributed by atoms with E-state index in [0.29, 0.717) is 11.5 Å². The molecule has 0 bridgehead atoms. The highest BCUT2D eigenvalue weighted by Crippen LogP contribution is 2.36. The van der Waals surface area contributed by atoms with Gasteiger partial charge in [0.2, 0.25) is 0 Å². The summed E-state index contributed by atoms with van der Waals surface area (Å²) in [5, 5.41) is 12.4. The second-order valence-corrected chi connectivity index (χ2v) is 4.87. The van der Waals surface area contributed by atoms with E-state index in [1.165, 1.54) is 0 Å². The molecule has 1 aromatic heterocycles. The summed E-state index contributed by atoms with van der Waals surface area (Å²) in [6.45, 7) is 0. The van der Waals surface area contributed by atoms with Crippen LogP contribution in [0.15, 0.2) is 29.4 Å². The lowest BCUT2D eigenvalue weighted by molar-refractivity contribution is 0.319. The Morgan fingerprint density at radius 2 is 1.90 bits per heavy atom. The Hall–Kier alpha value is -1.92. The molecule has 5 nitrogen and oxygen atoms in total. The summed E-state index contributed by atoms with van der Waals surface area (Å²) in [7, 11) is 3.21. The Labute approximate surface area is 126 Å². The monoisotopic (exact) mass is 314 g/mol. The zero-order chi connectivity index (χ0) is 13.8. The van der Waals surface area contributed by atoms with Crippen molar-refractivity contribution < 1.29 is 14.7 Å². The van der Waals surface area contributed by atoms with E-state index >= 15 is 0 Å². The fourth-order valence-corrected chi connectivity index (χ4v) is 2.65. The summed E-state index contributed by atoms with van der Waals surface area (Å²) in [5.41, 5.74) is 5.38. The first-order valence-corrected chi connectivity index (χ1v) is 6.30. The Morgan fingerprint density at radius 3 is 2.50 bits per heavy atom. The molecule has 1 aromatic carbocycles. The lowest BCUT2D eigenvalue weighted by atomic mass is 10.2. The van der Waals surface area contributed by atoms with E-state index < -0.39 is 0 Å². The van der Waals surface area contributed by atoms with E-state index in [0.717, 1.165) is 15.0 Å². The van der Waals surface area contributed by atoms with E-state index in [4.69, 9.17) is 20.4 Å². The summed E-state index contributed by atoms with van der Waals surface area (Å²) < 4.78 is 11.6. The van der Waals surface area contributed by atoms with Gasteiger partial charge in [-0.15, -0.1) is 23.7 Å². The van der Waals surface area contributed by atoms with Crippen LogP contribution in [0.1, 0.15) is 4.88 Å². The summed E-state index contributed by atoms with van der Waals surface area (Å²) in [6.07, 6.45) is 3.33. The number of hydrogen-bond acceptors (Lipinski definition) is 5. The third-order valence-corrected chi connectivity index (χ3v) is 3.64. The van der Waals surface area contributed by atoms with Gasteiger partial charge in [-0.25, -0.2) is 0 Å². The minimum atomic E-state index is 0. The molecular weight excluding hydrogens is 300 g/mol. The molecule has 0 aliphatic carbocycles. The normalized spacial score (nSPS) is 11.6. The van der Waals surface area contributed by atoms with Gasteiger partial charge in [0.05, 0.1) is 14.2 Å². The molecule has 0 spiro atoms. The topological polar surface area (TPSA) is 77.1 Å². The van der Waals surface area contributed by atoms with Gasteiger partial charge < -0.3 is 20.4 Å². The van der Waals surface area contributed by atoms with Crippen LogP contribution in [0.5, 0.6) is 11.5 Å². The molecule has 0 radical (unpaired) electrons. The molecule has 0 saturated carbocycles. The number of nitrogens with zero attached hydrogens (tertiary/aromatic N) is 1. The van der Waals surface area contributed by atoms with E-state index in [9.17, 15) is 0 Å². The molecule has 0 saturated heterocycles. The Balaban J connectivity index is 0.00000200. The van der Waals surface area contributed by atoms with Crippen LogP contribution in [0, 0.1) is 0 Å². The standard InChI is InChI=1S/C13H14N2O3S.ClH/c1-17-10-6-8-5-9(3-4-13(14)15-16)19-12(8)7-11(10)18-2;/h3-7,16H,1-2H3,(H2,14,15);1H/b4-3+;. The molecule has 2 rings (SSSR count). The number of thiophene rings is 1. The number of ether oxygens (including phenoxy) is 2. The first-order valence-electron chi connectivity index (χ1n) is 5.49. The SMILES string of the molecule is COc1cc2cc(/C=C/C(N)=N/O)sc2cc1OC.Cl. The average molecular weight is 315 g/mol. The van der Waals surface area contributed by atoms with Gasteiger partial charge >= 0.3 is 0 Å². The fourth-order valence-electron chi connectivity index (χ4n) is 1.67. The molecule has 0 aliphatic rings. The number of amidine groups is 1. The molecule has 2 aromatic rings. The zero-order valence-electron chi connectivity index (χ0n) is 11.0. The Kier molecular flexibility index (Phi) is 5.66. The van der Waals surface area contributed by atoms with Gasteiger partial charge in [0.15, 0.2) is 17.3 Å². The van der Waals surface area contributed by atoms with Crippen LogP contribution in [0.4, 0.5) is 0 Å². The highest BCUT2D eigenvalue weighted by molar-refractivity contribution is 7.19. The van der Waals surface area contributed by atoms with Crippen molar-refractivity contribution in [1.29, 1.82) is 0 Å². The van der Waals surface area contributed by atoms with Gasteiger partial charge in [-0.3, -0.25) is 0 Å². The van der Waals surface area contributed by atoms with E-state index in [1.54, 1.807) is 37.7 Å². The molecule has 108 valence electrons. The Morgan fingerprint density at radius 1 is 1.25 bits per heavy atom. The van der Waals surface area contributed by atoms with Crippen LogP contribution < -0.4 is 15.2 Å². The second kappa shape index (κ2) is 7.02. The number of rotatable bonds is 4. The smallest absolute Gasteiger partial charge is 0.162 e. The van der Waals surface area contributed by atoms with Crippen molar-refractivity contribution in [1.82, 2.24) is 0 Å². The first kappa shape index (κ1) is 16.1. The third-order valence-electron chi connectivity index (χ3n) is 2.58.